The summed E-state index contributed by atoms with van der Waals surface area (Å²) in [7, 11) is 0. The number of halogens is 2. The first-order valence-corrected chi connectivity index (χ1v) is 4.10. The third-order valence-electron chi connectivity index (χ3n) is 1.75. The number of aryl methyl sites for hydroxylation is 1. The predicted molar refractivity (Wildman–Crippen MR) is 69.0 cm³/mol. The molecule has 17 heavy (non-hydrogen) atoms. The van der Waals surface area contributed by atoms with Gasteiger partial charge in [0.25, 0.3) is 0 Å². The molecule has 2 amide bonds. The summed E-state index contributed by atoms with van der Waals surface area (Å²) in [5.74, 6) is 0. The van der Waals surface area contributed by atoms with E-state index >= 15 is 0 Å². The van der Waals surface area contributed by atoms with E-state index in [1.165, 1.54) is 6.07 Å². The molecule has 6 nitrogen and oxygen atoms in total. The van der Waals surface area contributed by atoms with E-state index < -0.39 is 12.2 Å². The number of carboxylic acid groups (broad SMARTS) is 2. The van der Waals surface area contributed by atoms with E-state index in [1.807, 2.05) is 0 Å². The van der Waals surface area contributed by atoms with Gasteiger partial charge in [0, 0.05) is 0 Å². The maximum absolute atomic E-state index is 10.5. The first-order valence-electron chi connectivity index (χ1n) is 4.10. The lowest BCUT2D eigenvalue weighted by atomic mass is 10.1. The van der Waals surface area contributed by atoms with Gasteiger partial charge in [0.05, 0.1) is 11.4 Å². The minimum Gasteiger partial charge on any atom is -0.465 e. The number of hydrogen-bond acceptors (Lipinski definition) is 2. The molecule has 96 valence electrons. The van der Waals surface area contributed by atoms with Crippen LogP contribution in [0.1, 0.15) is 5.56 Å². The van der Waals surface area contributed by atoms with Crippen molar-refractivity contribution in [1.82, 2.24) is 0 Å². The molecule has 0 bridgehead atoms. The Labute approximate surface area is 110 Å². The van der Waals surface area contributed by atoms with Crippen LogP contribution in [0.15, 0.2) is 18.2 Å². The Bertz CT molecular complexity index is 412. The molecule has 0 aromatic heterocycles. The minimum absolute atomic E-state index is 0. The van der Waals surface area contributed by atoms with Crippen molar-refractivity contribution >= 4 is 48.4 Å². The highest BCUT2D eigenvalue weighted by atomic mass is 35.5. The van der Waals surface area contributed by atoms with Crippen LogP contribution in [-0.2, 0) is 0 Å². The lowest BCUT2D eigenvalue weighted by Crippen LogP contribution is -2.14. The van der Waals surface area contributed by atoms with Gasteiger partial charge in [-0.25, -0.2) is 9.59 Å². The van der Waals surface area contributed by atoms with Crippen molar-refractivity contribution in [1.29, 1.82) is 0 Å². The summed E-state index contributed by atoms with van der Waals surface area (Å²) in [6.45, 7) is 1.68. The summed E-state index contributed by atoms with van der Waals surface area (Å²) in [5.41, 5.74) is 1.10. The topological polar surface area (TPSA) is 98.7 Å². The van der Waals surface area contributed by atoms with Crippen molar-refractivity contribution in [3.63, 3.8) is 0 Å². The third kappa shape index (κ3) is 5.28. The van der Waals surface area contributed by atoms with Crippen LogP contribution >= 0.6 is 24.8 Å². The van der Waals surface area contributed by atoms with Crippen molar-refractivity contribution in [2.75, 3.05) is 10.6 Å². The van der Waals surface area contributed by atoms with E-state index in [2.05, 4.69) is 10.6 Å². The summed E-state index contributed by atoms with van der Waals surface area (Å²) in [4.78, 5) is 20.9. The second-order valence-corrected chi connectivity index (χ2v) is 2.86. The van der Waals surface area contributed by atoms with Crippen molar-refractivity contribution in [2.24, 2.45) is 0 Å². The fourth-order valence-corrected chi connectivity index (χ4v) is 1.16. The zero-order valence-electron chi connectivity index (χ0n) is 8.76. The molecule has 8 heteroatoms. The number of hydrogen-bond donors (Lipinski definition) is 4. The smallest absolute Gasteiger partial charge is 0.409 e. The SMILES string of the molecule is Cc1cccc(NC(=O)O)c1NC(=O)O.Cl.Cl. The highest BCUT2D eigenvalue weighted by Crippen LogP contribution is 2.25. The van der Waals surface area contributed by atoms with E-state index in [1.54, 1.807) is 19.1 Å². The van der Waals surface area contributed by atoms with Gasteiger partial charge in [-0.3, -0.25) is 10.6 Å². The Morgan fingerprint density at radius 1 is 1.06 bits per heavy atom. The Kier molecular flexibility index (Phi) is 7.91. The van der Waals surface area contributed by atoms with Crippen LogP contribution in [0.3, 0.4) is 0 Å². The normalized spacial score (nSPS) is 8.29. The molecular formula is C9H12Cl2N2O4. The van der Waals surface area contributed by atoms with Gasteiger partial charge in [-0.05, 0) is 18.6 Å². The molecule has 1 rings (SSSR count). The molecule has 0 heterocycles. The molecule has 0 aliphatic rings. The van der Waals surface area contributed by atoms with Crippen molar-refractivity contribution in [2.45, 2.75) is 6.92 Å². The average molecular weight is 283 g/mol. The highest BCUT2D eigenvalue weighted by Gasteiger charge is 2.09. The maximum atomic E-state index is 10.5. The van der Waals surface area contributed by atoms with Crippen LogP contribution in [0, 0.1) is 6.92 Å². The largest absolute Gasteiger partial charge is 0.465 e. The van der Waals surface area contributed by atoms with Crippen LogP contribution in [-0.4, -0.2) is 22.4 Å². The van der Waals surface area contributed by atoms with Crippen LogP contribution in [0.25, 0.3) is 0 Å². The minimum atomic E-state index is -1.24. The number of nitrogens with one attached hydrogen (secondary N) is 2. The summed E-state index contributed by atoms with van der Waals surface area (Å²) < 4.78 is 0. The number of anilines is 2. The lowest BCUT2D eigenvalue weighted by molar-refractivity contribution is 0.208. The molecule has 0 radical (unpaired) electrons. The number of para-hydroxylation sites is 1. The first-order chi connectivity index (χ1) is 7.00. The van der Waals surface area contributed by atoms with Gasteiger partial charge in [0.15, 0.2) is 0 Å². The molecule has 0 saturated heterocycles. The maximum Gasteiger partial charge on any atom is 0.409 e. The Balaban J connectivity index is 0. The number of amides is 2. The van der Waals surface area contributed by atoms with E-state index in [9.17, 15) is 9.59 Å². The molecule has 0 aliphatic heterocycles. The van der Waals surface area contributed by atoms with Gasteiger partial charge in [-0.15, -0.1) is 24.8 Å². The monoisotopic (exact) mass is 282 g/mol. The predicted octanol–water partition coefficient (Wildman–Crippen LogP) is 3.02. The van der Waals surface area contributed by atoms with Gasteiger partial charge >= 0.3 is 12.2 Å². The Hall–Kier alpha value is -1.66. The van der Waals surface area contributed by atoms with E-state index in [0.29, 0.717) is 5.56 Å². The number of rotatable bonds is 2. The molecule has 4 N–H and O–H groups in total. The molecule has 0 unspecified atom stereocenters. The van der Waals surface area contributed by atoms with Crippen molar-refractivity contribution in [3.05, 3.63) is 23.8 Å². The molecule has 1 aromatic rings. The number of carbonyl (C=O) groups is 2. The van der Waals surface area contributed by atoms with Crippen molar-refractivity contribution in [3.8, 4) is 0 Å². The summed E-state index contributed by atoms with van der Waals surface area (Å²) in [6.07, 6.45) is -2.48. The second-order valence-electron chi connectivity index (χ2n) is 2.86. The molecule has 0 aliphatic carbocycles. The molecule has 0 fully saturated rings. The highest BCUT2D eigenvalue weighted by molar-refractivity contribution is 5.95. The quantitative estimate of drug-likeness (QED) is 0.670. The van der Waals surface area contributed by atoms with Gasteiger partial charge in [-0.1, -0.05) is 12.1 Å². The van der Waals surface area contributed by atoms with Crippen LogP contribution in [0.5, 0.6) is 0 Å². The first kappa shape index (κ1) is 17.7. The molecule has 0 spiro atoms. The van der Waals surface area contributed by atoms with E-state index in [-0.39, 0.29) is 36.2 Å². The summed E-state index contributed by atoms with van der Waals surface area (Å²) in [6, 6.07) is 4.79. The fraction of sp³-hybridized carbons (Fsp3) is 0.111. The average Bonchev–Trinajstić information content (AvgIpc) is 2.09. The van der Waals surface area contributed by atoms with E-state index in [4.69, 9.17) is 10.2 Å². The second kappa shape index (κ2) is 7.59. The third-order valence-corrected chi connectivity index (χ3v) is 1.75. The Morgan fingerprint density at radius 3 is 2.06 bits per heavy atom. The van der Waals surface area contributed by atoms with Crippen molar-refractivity contribution < 1.29 is 19.8 Å². The fourth-order valence-electron chi connectivity index (χ4n) is 1.16. The lowest BCUT2D eigenvalue weighted by Gasteiger charge is -2.11. The zero-order valence-corrected chi connectivity index (χ0v) is 10.4. The standard InChI is InChI=1S/C9H10N2O4.2ClH/c1-5-3-2-4-6(10-8(12)13)7(5)11-9(14)15;;/h2-4,10-11H,1H3,(H,12,13)(H,14,15);2*1H. The Morgan fingerprint density at radius 2 is 1.59 bits per heavy atom. The molecule has 0 saturated carbocycles. The van der Waals surface area contributed by atoms with Gasteiger partial charge in [0.2, 0.25) is 0 Å². The molecule has 0 atom stereocenters. The summed E-state index contributed by atoms with van der Waals surface area (Å²) in [5, 5.41) is 21.3. The van der Waals surface area contributed by atoms with Crippen LogP contribution in [0.4, 0.5) is 21.0 Å². The van der Waals surface area contributed by atoms with Crippen LogP contribution in [0.2, 0.25) is 0 Å². The zero-order chi connectivity index (χ0) is 11.4. The number of benzene rings is 1. The van der Waals surface area contributed by atoms with Crippen LogP contribution < -0.4 is 10.6 Å². The van der Waals surface area contributed by atoms with Gasteiger partial charge in [-0.2, -0.15) is 0 Å². The van der Waals surface area contributed by atoms with E-state index in [0.717, 1.165) is 0 Å². The molecular weight excluding hydrogens is 271 g/mol. The van der Waals surface area contributed by atoms with Gasteiger partial charge < -0.3 is 10.2 Å². The van der Waals surface area contributed by atoms with Gasteiger partial charge in [0.1, 0.15) is 0 Å². The summed E-state index contributed by atoms with van der Waals surface area (Å²) >= 11 is 0. The molecule has 1 aromatic carbocycles.